The molecule has 0 saturated carbocycles. The van der Waals surface area contributed by atoms with Crippen LogP contribution >= 0.6 is 31.9 Å². The third-order valence-corrected chi connectivity index (χ3v) is 73.1. The van der Waals surface area contributed by atoms with Crippen molar-refractivity contribution in [2.24, 2.45) is 0 Å². The number of hydrogen-bond acceptors (Lipinski definition) is 2. The van der Waals surface area contributed by atoms with Gasteiger partial charge in [-0.1, -0.05) is 27.7 Å². The average molecular weight is 1400 g/mol. The molecule has 0 amide bonds. The van der Waals surface area contributed by atoms with Crippen LogP contribution in [0.1, 0.15) is 50.8 Å². The van der Waals surface area contributed by atoms with Gasteiger partial charge < -0.3 is 0 Å². The normalized spacial score (nSPS) is 12.0. The maximum absolute atomic E-state index is 4.79. The van der Waals surface area contributed by atoms with E-state index >= 15 is 0 Å². The second-order valence-corrected chi connectivity index (χ2v) is 64.8. The molecule has 0 radical (unpaired) electrons. The van der Waals surface area contributed by atoms with E-state index in [1.54, 1.807) is 107 Å². The molecule has 2 rings (SSSR count). The van der Waals surface area contributed by atoms with Crippen molar-refractivity contribution in [1.82, 2.24) is 0 Å². The van der Waals surface area contributed by atoms with Gasteiger partial charge >= 0.3 is 0 Å². The zero-order chi connectivity index (χ0) is 36.2. The standard InChI is InChI=1S/C14H18Br2.S33/c1-8-6-9(15)12(16)11-10(8)13(2,3)7-14(11,4)5;1-3-5-7-9-11-13-15-17-19-21-23-25-27-29-31-33-32-30-28-26-24-22-20-18-16-14-12-10-8-6-4-2/h6H,7H2,1-5H3;. The van der Waals surface area contributed by atoms with E-state index in [9.17, 15) is 0 Å². The third-order valence-electron chi connectivity index (χ3n) is 4.49. The fraction of sp³-hybridized carbons (Fsp3) is 0.571. The average Bonchev–Trinajstić information content (AvgIpc) is 3.26. The summed E-state index contributed by atoms with van der Waals surface area (Å²) in [6.45, 7) is 11.6. The Labute approximate surface area is 403 Å². The summed E-state index contributed by atoms with van der Waals surface area (Å²) in [5.41, 5.74) is 4.97. The number of aryl methyl sites for hydroxylation is 1. The monoisotopic (exact) mass is 1400 g/mol. The van der Waals surface area contributed by atoms with Gasteiger partial charge in [-0.25, -0.2) is 0 Å². The van der Waals surface area contributed by atoms with Crippen LogP contribution in [0.4, 0.5) is 0 Å². The largest absolute Gasteiger partial charge is 0.0558 e. The highest BCUT2D eigenvalue weighted by atomic mass is 79.9. The fourth-order valence-corrected chi connectivity index (χ4v) is 84.8. The maximum atomic E-state index is 4.79. The number of rotatable bonds is 0. The van der Waals surface area contributed by atoms with Gasteiger partial charge in [0.15, 0.2) is 0 Å². The number of benzene rings is 1. The van der Waals surface area contributed by atoms with Crippen molar-refractivity contribution in [1.29, 1.82) is 0 Å². The molecule has 0 fully saturated rings. The molecule has 0 N–H and O–H groups in total. The van der Waals surface area contributed by atoms with E-state index in [1.807, 2.05) is 151 Å². The van der Waals surface area contributed by atoms with E-state index in [4.69, 9.17) is 22.4 Å². The molecule has 0 bridgehead atoms. The summed E-state index contributed by atoms with van der Waals surface area (Å²) < 4.78 is 2.42. The molecule has 35 heteroatoms. The van der Waals surface area contributed by atoms with Crippen molar-refractivity contribution in [2.75, 3.05) is 0 Å². The predicted octanol–water partition coefficient (Wildman–Crippen LogP) is 5.40. The van der Waals surface area contributed by atoms with E-state index < -0.39 is 0 Å². The van der Waals surface area contributed by atoms with Crippen molar-refractivity contribution in [3.63, 3.8) is 0 Å². The summed E-state index contributed by atoms with van der Waals surface area (Å²) in [6.07, 6.45) is 1.21. The number of fused-ring (bicyclic) bond motifs is 1. The van der Waals surface area contributed by atoms with Crippen molar-refractivity contribution in [3.05, 3.63) is 31.7 Å². The zero-order valence-electron chi connectivity index (χ0n) is 24.0. The minimum atomic E-state index is 0.256. The lowest BCUT2D eigenvalue weighted by Crippen LogP contribution is -2.18. The second-order valence-electron chi connectivity index (χ2n) is 8.29. The van der Waals surface area contributed by atoms with Gasteiger partial charge in [-0.15, -0.1) is 0 Å². The van der Waals surface area contributed by atoms with Crippen molar-refractivity contribution in [2.45, 2.75) is 51.9 Å². The number of halogens is 2. The van der Waals surface area contributed by atoms with Gasteiger partial charge in [0, 0.05) is 307 Å². The van der Waals surface area contributed by atoms with E-state index in [1.165, 1.54) is 49.8 Å². The van der Waals surface area contributed by atoms with Crippen molar-refractivity contribution >= 4 is 330 Å². The van der Waals surface area contributed by atoms with E-state index in [0.717, 1.165) is 0 Å². The van der Waals surface area contributed by atoms with Crippen molar-refractivity contribution in [3.8, 4) is 0 Å². The molecule has 0 nitrogen and oxygen atoms in total. The highest BCUT2D eigenvalue weighted by Gasteiger charge is 2.44. The maximum Gasteiger partial charge on any atom is 0.0358 e. The Balaban J connectivity index is 0.000000616. The van der Waals surface area contributed by atoms with Gasteiger partial charge in [0.05, 0.1) is 0 Å². The van der Waals surface area contributed by atoms with Crippen LogP contribution in [-0.4, -0.2) is 0 Å². The molecule has 0 saturated heterocycles. The first-order valence-electron chi connectivity index (χ1n) is 11.0. The molecule has 286 valence electrons. The lowest BCUT2D eigenvalue weighted by Gasteiger charge is -2.23. The van der Waals surface area contributed by atoms with E-state index in [2.05, 4.69) is 72.5 Å². The quantitative estimate of drug-likeness (QED) is 0.342. The van der Waals surface area contributed by atoms with Gasteiger partial charge in [0.25, 0.3) is 0 Å². The van der Waals surface area contributed by atoms with E-state index in [-0.39, 0.29) is 10.8 Å². The molecule has 49 heavy (non-hydrogen) atoms. The molecule has 0 aromatic heterocycles. The predicted molar refractivity (Wildman–Crippen MR) is 320 cm³/mol. The van der Waals surface area contributed by atoms with Gasteiger partial charge in [0.1, 0.15) is 0 Å². The first kappa shape index (κ1) is 54.5. The second kappa shape index (κ2) is 36.1. The van der Waals surface area contributed by atoms with Crippen LogP contribution in [0.15, 0.2) is 15.0 Å². The Morgan fingerprint density at radius 2 is 0.653 bits per heavy atom. The highest BCUT2D eigenvalue weighted by Crippen LogP contribution is 2.54. The van der Waals surface area contributed by atoms with Crippen LogP contribution in [0.5, 0.6) is 0 Å². The van der Waals surface area contributed by atoms with Crippen LogP contribution in [0.25, 0.3) is 0 Å². The first-order chi connectivity index (χ1) is 23.6. The summed E-state index contributed by atoms with van der Waals surface area (Å²) in [4.78, 5) is 0. The molecular formula is C14H18Br2S33. The van der Waals surface area contributed by atoms with Gasteiger partial charge in [-0.05, 0) is 78.8 Å². The molecule has 0 aliphatic heterocycles. The summed E-state index contributed by atoms with van der Waals surface area (Å²) in [5.74, 6) is 0. The summed E-state index contributed by atoms with van der Waals surface area (Å²) >= 11 is 17.0. The molecular weight excluding hydrogens is 1390 g/mol. The van der Waals surface area contributed by atoms with Crippen LogP contribution < -0.4 is 0 Å². The molecule has 1 aromatic carbocycles. The highest BCUT2D eigenvalue weighted by molar-refractivity contribution is 9.13. The molecule has 1 aliphatic carbocycles. The SMILES string of the molecule is Cc1cc(Br)c(Br)c2c1C(C)(C)CC2(C)C.S=S=S=S=S=S=S=S=S=S=S=S=S=S=S=S=S=S=S=S=S=S=S=S=S=S=S=S=S=S=S=S=S. The van der Waals surface area contributed by atoms with Crippen LogP contribution in [0, 0.1) is 6.92 Å². The Morgan fingerprint density at radius 1 is 0.429 bits per heavy atom. The Hall–Kier alpha value is 7.44. The van der Waals surface area contributed by atoms with Gasteiger partial charge in [-0.3, -0.25) is 0 Å². The summed E-state index contributed by atoms with van der Waals surface area (Å²) in [6, 6.07) is 2.23. The zero-order valence-corrected chi connectivity index (χ0v) is 54.1. The Kier molecular flexibility index (Phi) is 40.2. The van der Waals surface area contributed by atoms with Crippen molar-refractivity contribution < 1.29 is 0 Å². The Morgan fingerprint density at radius 3 is 0.898 bits per heavy atom. The number of hydrogen-bond donors (Lipinski definition) is 0. The molecule has 1 aromatic rings. The molecule has 0 heterocycles. The van der Waals surface area contributed by atoms with Gasteiger partial charge in [0.2, 0.25) is 0 Å². The molecule has 0 atom stereocenters. The molecule has 1 aliphatic rings. The molecule has 0 unspecified atom stereocenters. The summed E-state index contributed by atoms with van der Waals surface area (Å²) in [5, 5.41) is 0. The minimum Gasteiger partial charge on any atom is -0.0558 e. The summed E-state index contributed by atoms with van der Waals surface area (Å²) in [7, 11) is 54.6. The Bertz CT molecular complexity index is 2680. The fourth-order valence-electron chi connectivity index (χ4n) is 3.87. The topological polar surface area (TPSA) is 0 Å². The van der Waals surface area contributed by atoms with Crippen LogP contribution in [0.2, 0.25) is 0 Å². The van der Waals surface area contributed by atoms with Gasteiger partial charge in [-0.2, -0.15) is 0 Å². The third kappa shape index (κ3) is 27.8. The first-order valence-corrected chi connectivity index (χ1v) is 55.2. The smallest absolute Gasteiger partial charge is 0.0358 e. The lowest BCUT2D eigenvalue weighted by molar-refractivity contribution is 0.402. The van der Waals surface area contributed by atoms with E-state index in [0.29, 0.717) is 0 Å². The molecule has 0 spiro atoms. The van der Waals surface area contributed by atoms with Crippen LogP contribution in [-0.2, 0) is 309 Å². The minimum absolute atomic E-state index is 0.256. The van der Waals surface area contributed by atoms with Crippen LogP contribution in [0.3, 0.4) is 0 Å². The lowest BCUT2D eigenvalue weighted by atomic mass is 9.81.